The summed E-state index contributed by atoms with van der Waals surface area (Å²) < 4.78 is 51.5. The highest BCUT2D eigenvalue weighted by molar-refractivity contribution is 5.92. The number of aromatic nitrogens is 3. The summed E-state index contributed by atoms with van der Waals surface area (Å²) in [5, 5.41) is 11.0. The molecule has 9 nitrogen and oxygen atoms in total. The second kappa shape index (κ2) is 12.8. The molecule has 0 unspecified atom stereocenters. The highest BCUT2D eigenvalue weighted by Crippen LogP contribution is 2.40. The predicted octanol–water partition coefficient (Wildman–Crippen LogP) is 3.85. The van der Waals surface area contributed by atoms with Crippen LogP contribution in [0.5, 0.6) is 6.01 Å². The van der Waals surface area contributed by atoms with Crippen LogP contribution in [0.4, 0.5) is 30.5 Å². The number of likely N-dealkylation sites (tertiary alicyclic amines) is 2. The lowest BCUT2D eigenvalue weighted by Crippen LogP contribution is -2.39. The fraction of sp³-hybridized carbons (Fsp3) is 0.485. The van der Waals surface area contributed by atoms with E-state index in [0.717, 1.165) is 25.9 Å². The Morgan fingerprint density at radius 2 is 2.07 bits per heavy atom. The van der Waals surface area contributed by atoms with Crippen molar-refractivity contribution >= 4 is 28.2 Å². The molecule has 2 saturated heterocycles. The number of fused-ring (bicyclic) bond motifs is 2. The maximum Gasteiger partial charge on any atom is 0.319 e. The van der Waals surface area contributed by atoms with Gasteiger partial charge >= 0.3 is 6.01 Å². The van der Waals surface area contributed by atoms with Gasteiger partial charge in [-0.3, -0.25) is 9.80 Å². The number of pyridine rings is 1. The average Bonchev–Trinajstić information content (AvgIpc) is 3.59. The SMILES string of the molecule is C#Cc1c(F)ccc2c1N(c1ncc3c(N(C)C[C@@H]4CCCN4CC=C)nc(OC[C@@H]4C[C@@H](F)CN4C)nc3c1F)C[C@H](O)C2. The Morgan fingerprint density at radius 1 is 1.24 bits per heavy atom. The molecule has 4 atom stereocenters. The number of alkyl halides is 1. The number of β-amino-alcohol motifs (C(OH)–C–C–N with tert-alkyl or cyclic N) is 1. The molecule has 1 aromatic carbocycles. The minimum Gasteiger partial charge on any atom is -0.462 e. The van der Waals surface area contributed by atoms with Gasteiger partial charge in [0, 0.05) is 51.4 Å². The number of hydrogen-bond donors (Lipinski definition) is 1. The summed E-state index contributed by atoms with van der Waals surface area (Å²) in [6.45, 7) is 6.65. The molecule has 5 heterocycles. The molecule has 2 aromatic heterocycles. The first-order valence-corrected chi connectivity index (χ1v) is 15.3. The molecule has 12 heteroatoms. The molecule has 3 aliphatic heterocycles. The molecule has 1 N–H and O–H groups in total. The van der Waals surface area contributed by atoms with E-state index in [2.05, 4.69) is 27.4 Å². The number of halogens is 3. The predicted molar refractivity (Wildman–Crippen MR) is 168 cm³/mol. The van der Waals surface area contributed by atoms with Gasteiger partial charge in [-0.1, -0.05) is 18.1 Å². The Balaban J connectivity index is 1.42. The first-order valence-electron chi connectivity index (χ1n) is 15.3. The Labute approximate surface area is 261 Å². The summed E-state index contributed by atoms with van der Waals surface area (Å²) in [7, 11) is 3.72. The van der Waals surface area contributed by atoms with Gasteiger partial charge in [0.1, 0.15) is 29.9 Å². The topological polar surface area (TPSA) is 81.1 Å². The van der Waals surface area contributed by atoms with Gasteiger partial charge in [-0.2, -0.15) is 9.97 Å². The third-order valence-electron chi connectivity index (χ3n) is 9.11. The van der Waals surface area contributed by atoms with Crippen molar-refractivity contribution in [2.24, 2.45) is 0 Å². The van der Waals surface area contributed by atoms with E-state index >= 15 is 4.39 Å². The summed E-state index contributed by atoms with van der Waals surface area (Å²) in [5.74, 6) is 1.28. The van der Waals surface area contributed by atoms with Crippen molar-refractivity contribution in [2.75, 3.05) is 63.2 Å². The van der Waals surface area contributed by atoms with Crippen LogP contribution in [-0.2, 0) is 6.42 Å². The quantitative estimate of drug-likeness (QED) is 0.283. The minimum absolute atomic E-state index is 0.0275. The summed E-state index contributed by atoms with van der Waals surface area (Å²) >= 11 is 0. The van der Waals surface area contributed by atoms with E-state index in [0.29, 0.717) is 42.0 Å². The third-order valence-corrected chi connectivity index (χ3v) is 9.11. The number of aliphatic hydroxyl groups is 1. The van der Waals surface area contributed by atoms with Gasteiger partial charge in [0.05, 0.1) is 29.3 Å². The molecule has 3 aromatic rings. The number of rotatable bonds is 9. The maximum absolute atomic E-state index is 16.7. The van der Waals surface area contributed by atoms with E-state index in [4.69, 9.17) is 16.1 Å². The molecular weight excluding hydrogens is 583 g/mol. The Bertz CT molecular complexity index is 1630. The molecule has 6 rings (SSSR count). The van der Waals surface area contributed by atoms with Crippen LogP contribution in [0.15, 0.2) is 31.0 Å². The summed E-state index contributed by atoms with van der Waals surface area (Å²) in [6.07, 6.45) is 9.90. The fourth-order valence-corrected chi connectivity index (χ4v) is 6.88. The van der Waals surface area contributed by atoms with Gasteiger partial charge < -0.3 is 19.6 Å². The molecule has 238 valence electrons. The summed E-state index contributed by atoms with van der Waals surface area (Å²) in [5.41, 5.74) is 0.819. The number of ether oxygens (including phenoxy) is 1. The number of likely N-dealkylation sites (N-methyl/N-ethyl adjacent to an activating group) is 2. The van der Waals surface area contributed by atoms with E-state index in [1.54, 1.807) is 6.07 Å². The number of hydrogen-bond acceptors (Lipinski definition) is 9. The lowest BCUT2D eigenvalue weighted by molar-refractivity contribution is 0.178. The van der Waals surface area contributed by atoms with Crippen LogP contribution in [0.1, 0.15) is 30.4 Å². The van der Waals surface area contributed by atoms with Crippen molar-refractivity contribution in [1.29, 1.82) is 0 Å². The minimum atomic E-state index is -0.945. The lowest BCUT2D eigenvalue weighted by Gasteiger charge is -2.34. The van der Waals surface area contributed by atoms with Crippen molar-refractivity contribution < 1.29 is 23.0 Å². The zero-order chi connectivity index (χ0) is 31.8. The van der Waals surface area contributed by atoms with Crippen LogP contribution in [0.2, 0.25) is 0 Å². The van der Waals surface area contributed by atoms with E-state index in [9.17, 15) is 13.9 Å². The molecule has 0 bridgehead atoms. The van der Waals surface area contributed by atoms with E-state index < -0.39 is 23.9 Å². The Morgan fingerprint density at radius 3 is 2.80 bits per heavy atom. The van der Waals surface area contributed by atoms with Crippen molar-refractivity contribution in [1.82, 2.24) is 24.8 Å². The number of aliphatic hydroxyl groups excluding tert-OH is 1. The van der Waals surface area contributed by atoms with E-state index in [1.165, 1.54) is 17.2 Å². The highest BCUT2D eigenvalue weighted by Gasteiger charge is 2.33. The van der Waals surface area contributed by atoms with Gasteiger partial charge in [-0.25, -0.2) is 18.2 Å². The molecule has 0 aliphatic carbocycles. The number of terminal acetylenes is 1. The first kappa shape index (κ1) is 31.1. The standard InChI is InChI=1S/C33H38F3N7O2/c1-5-11-42-12-7-8-22(42)17-41(4)31-26-15-37-32(43-18-24(44)13-20-9-10-27(35)25(6-2)30(20)43)28(36)29(26)38-33(39-31)45-19-23-14-21(34)16-40(23)3/h2,5,9-10,15,21-24,44H,1,7-8,11-14,16-19H2,3-4H3/t21-,22+,23+,24-/m1/s1. The molecule has 0 amide bonds. The summed E-state index contributed by atoms with van der Waals surface area (Å²) in [4.78, 5) is 21.3. The van der Waals surface area contributed by atoms with Gasteiger partial charge in [0.2, 0.25) is 0 Å². The molecule has 2 fully saturated rings. The number of nitrogens with zero attached hydrogens (tertiary/aromatic N) is 7. The van der Waals surface area contributed by atoms with E-state index in [1.807, 2.05) is 30.0 Å². The van der Waals surface area contributed by atoms with E-state index in [-0.39, 0.29) is 54.6 Å². The Kier molecular flexibility index (Phi) is 8.86. The molecule has 0 spiro atoms. The first-order chi connectivity index (χ1) is 21.7. The van der Waals surface area contributed by atoms with Crippen LogP contribution >= 0.6 is 0 Å². The van der Waals surface area contributed by atoms with Crippen LogP contribution in [-0.4, -0.2) is 108 Å². The molecule has 45 heavy (non-hydrogen) atoms. The maximum atomic E-state index is 16.7. The largest absolute Gasteiger partial charge is 0.462 e. The van der Waals surface area contributed by atoms with Gasteiger partial charge in [-0.15, -0.1) is 13.0 Å². The average molecular weight is 622 g/mol. The third kappa shape index (κ3) is 6.04. The molecule has 0 radical (unpaired) electrons. The highest BCUT2D eigenvalue weighted by atomic mass is 19.1. The second-order valence-corrected chi connectivity index (χ2v) is 12.2. The van der Waals surface area contributed by atoms with Crippen molar-refractivity contribution in [3.63, 3.8) is 0 Å². The number of anilines is 3. The zero-order valence-corrected chi connectivity index (χ0v) is 25.6. The fourth-order valence-electron chi connectivity index (χ4n) is 6.88. The van der Waals surface area contributed by atoms with Crippen LogP contribution in [0.3, 0.4) is 0 Å². The van der Waals surface area contributed by atoms with Crippen LogP contribution in [0.25, 0.3) is 10.9 Å². The van der Waals surface area contributed by atoms with Crippen molar-refractivity contribution in [2.45, 2.75) is 50.0 Å². The zero-order valence-electron chi connectivity index (χ0n) is 25.6. The lowest BCUT2D eigenvalue weighted by atomic mass is 9.95. The smallest absolute Gasteiger partial charge is 0.319 e. The molecule has 3 aliphatic rings. The van der Waals surface area contributed by atoms with Gasteiger partial charge in [0.15, 0.2) is 11.6 Å². The van der Waals surface area contributed by atoms with Gasteiger partial charge in [-0.05, 0) is 44.5 Å². The van der Waals surface area contributed by atoms with Crippen LogP contribution < -0.4 is 14.5 Å². The number of benzene rings is 1. The normalized spacial score (nSPS) is 23.7. The molecular formula is C33H38F3N7O2. The molecule has 0 saturated carbocycles. The van der Waals surface area contributed by atoms with Crippen LogP contribution in [0, 0.1) is 24.0 Å². The Hall–Kier alpha value is -3.92. The summed E-state index contributed by atoms with van der Waals surface area (Å²) in [6, 6.07) is 2.83. The van der Waals surface area contributed by atoms with Crippen molar-refractivity contribution in [3.05, 3.63) is 53.7 Å². The monoisotopic (exact) mass is 621 g/mol. The second-order valence-electron chi connectivity index (χ2n) is 12.2. The van der Waals surface area contributed by atoms with Crippen molar-refractivity contribution in [3.8, 4) is 18.4 Å². The van der Waals surface area contributed by atoms with Gasteiger partial charge in [0.25, 0.3) is 0 Å².